The summed E-state index contributed by atoms with van der Waals surface area (Å²) in [5, 5.41) is 4.06. The van der Waals surface area contributed by atoms with Crippen molar-refractivity contribution in [2.24, 2.45) is 5.10 Å². The summed E-state index contributed by atoms with van der Waals surface area (Å²) in [6.45, 7) is 6.86. The molecule has 0 radical (unpaired) electrons. The molecule has 0 atom stereocenters. The van der Waals surface area contributed by atoms with E-state index >= 15 is 0 Å². The average molecular weight is 364 g/mol. The molecule has 27 heavy (non-hydrogen) atoms. The molecule has 0 unspecified atom stereocenters. The van der Waals surface area contributed by atoms with Crippen molar-refractivity contribution in [2.75, 3.05) is 37.6 Å². The fourth-order valence-corrected chi connectivity index (χ4v) is 3.20. The summed E-state index contributed by atoms with van der Waals surface area (Å²) in [5.41, 5.74) is 6.19. The Morgan fingerprint density at radius 2 is 1.74 bits per heavy atom. The van der Waals surface area contributed by atoms with Crippen LogP contribution in [0.4, 0.5) is 5.69 Å². The lowest BCUT2D eigenvalue weighted by Crippen LogP contribution is -2.47. The van der Waals surface area contributed by atoms with Crippen LogP contribution in [0.15, 0.2) is 59.7 Å². The molecule has 1 aliphatic rings. The summed E-state index contributed by atoms with van der Waals surface area (Å²) in [7, 11) is 0. The van der Waals surface area contributed by atoms with Crippen LogP contribution in [0.5, 0.6) is 0 Å². The van der Waals surface area contributed by atoms with E-state index < -0.39 is 0 Å². The monoisotopic (exact) mass is 364 g/mol. The van der Waals surface area contributed by atoms with Crippen molar-refractivity contribution in [1.82, 2.24) is 10.3 Å². The lowest BCUT2D eigenvalue weighted by Gasteiger charge is -2.36. The third-order valence-electron chi connectivity index (χ3n) is 4.94. The Kier molecular flexibility index (Phi) is 6.99. The van der Waals surface area contributed by atoms with Crippen LogP contribution in [0.1, 0.15) is 24.5 Å². The molecule has 5 nitrogen and oxygen atoms in total. The molecule has 0 spiro atoms. The topological polar surface area (TPSA) is 47.9 Å². The maximum absolute atomic E-state index is 12.0. The number of amides is 1. The average Bonchev–Trinajstić information content (AvgIpc) is 2.74. The maximum Gasteiger partial charge on any atom is 0.241 e. The van der Waals surface area contributed by atoms with Crippen LogP contribution < -0.4 is 10.3 Å². The molecule has 0 aromatic heterocycles. The number of carbonyl (C=O) groups excluding carboxylic acids is 1. The van der Waals surface area contributed by atoms with Crippen LogP contribution in [-0.2, 0) is 11.2 Å². The summed E-state index contributed by atoms with van der Waals surface area (Å²) < 4.78 is 0. The zero-order chi connectivity index (χ0) is 18.9. The van der Waals surface area contributed by atoms with E-state index in [-0.39, 0.29) is 5.91 Å². The first kappa shape index (κ1) is 19.1. The largest absolute Gasteiger partial charge is 0.369 e. The number of piperazine rings is 1. The fourth-order valence-electron chi connectivity index (χ4n) is 3.20. The number of para-hydroxylation sites is 1. The number of rotatable bonds is 7. The molecule has 3 rings (SSSR count). The number of benzene rings is 2. The molecular formula is C22H28N4O. The predicted octanol–water partition coefficient (Wildman–Crippen LogP) is 2.91. The summed E-state index contributed by atoms with van der Waals surface area (Å²) >= 11 is 0. The van der Waals surface area contributed by atoms with Gasteiger partial charge in [-0.15, -0.1) is 0 Å². The van der Waals surface area contributed by atoms with E-state index in [9.17, 15) is 4.79 Å². The van der Waals surface area contributed by atoms with Crippen LogP contribution >= 0.6 is 0 Å². The predicted molar refractivity (Wildman–Crippen MR) is 111 cm³/mol. The molecular weight excluding hydrogens is 336 g/mol. The first-order chi connectivity index (χ1) is 13.2. The Morgan fingerprint density at radius 3 is 2.41 bits per heavy atom. The first-order valence-corrected chi connectivity index (χ1v) is 9.68. The molecule has 1 aliphatic heterocycles. The van der Waals surface area contributed by atoms with Crippen LogP contribution in [0, 0.1) is 0 Å². The van der Waals surface area contributed by atoms with Gasteiger partial charge in [-0.1, -0.05) is 49.4 Å². The minimum absolute atomic E-state index is 0.0399. The quantitative estimate of drug-likeness (QED) is 0.607. The number of hydrogen-bond acceptors (Lipinski definition) is 4. The molecule has 0 aliphatic carbocycles. The van der Waals surface area contributed by atoms with Gasteiger partial charge in [-0.3, -0.25) is 9.69 Å². The molecule has 2 aromatic rings. The normalized spacial score (nSPS) is 15.2. The molecule has 1 saturated heterocycles. The van der Waals surface area contributed by atoms with Crippen LogP contribution in [0.2, 0.25) is 0 Å². The van der Waals surface area contributed by atoms with E-state index in [0.717, 1.165) is 44.7 Å². The van der Waals surface area contributed by atoms with E-state index in [0.29, 0.717) is 6.42 Å². The summed E-state index contributed by atoms with van der Waals surface area (Å²) in [6, 6.07) is 18.7. The lowest BCUT2D eigenvalue weighted by molar-refractivity contribution is -0.121. The van der Waals surface area contributed by atoms with Gasteiger partial charge in [0, 0.05) is 44.8 Å². The molecule has 1 heterocycles. The highest BCUT2D eigenvalue weighted by Gasteiger charge is 2.17. The zero-order valence-corrected chi connectivity index (χ0v) is 16.0. The van der Waals surface area contributed by atoms with E-state index in [4.69, 9.17) is 0 Å². The van der Waals surface area contributed by atoms with E-state index in [1.54, 1.807) is 6.21 Å². The minimum Gasteiger partial charge on any atom is -0.369 e. The molecule has 142 valence electrons. The summed E-state index contributed by atoms with van der Waals surface area (Å²) in [5.74, 6) is -0.0399. The second-order valence-electron chi connectivity index (χ2n) is 6.80. The van der Waals surface area contributed by atoms with Crippen molar-refractivity contribution in [3.63, 3.8) is 0 Å². The Labute approximate surface area is 161 Å². The van der Waals surface area contributed by atoms with Gasteiger partial charge in [-0.05, 0) is 29.7 Å². The van der Waals surface area contributed by atoms with Crippen LogP contribution in [0.3, 0.4) is 0 Å². The van der Waals surface area contributed by atoms with Gasteiger partial charge in [0.2, 0.25) is 5.91 Å². The summed E-state index contributed by atoms with van der Waals surface area (Å²) in [4.78, 5) is 16.7. The molecule has 2 aromatic carbocycles. The molecule has 1 amide bonds. The van der Waals surface area contributed by atoms with Crippen molar-refractivity contribution in [2.45, 2.75) is 19.8 Å². The van der Waals surface area contributed by atoms with Gasteiger partial charge < -0.3 is 4.90 Å². The fraction of sp³-hybridized carbons (Fsp3) is 0.364. The maximum atomic E-state index is 12.0. The number of hydrogen-bond donors (Lipinski definition) is 1. The number of nitrogens with zero attached hydrogens (tertiary/aromatic N) is 3. The number of anilines is 1. The molecule has 0 bridgehead atoms. The Balaban J connectivity index is 1.35. The third-order valence-corrected chi connectivity index (χ3v) is 4.94. The number of nitrogens with one attached hydrogen (secondary N) is 1. The lowest BCUT2D eigenvalue weighted by atomic mass is 10.1. The Hall–Kier alpha value is -2.66. The van der Waals surface area contributed by atoms with Crippen molar-refractivity contribution in [3.8, 4) is 0 Å². The van der Waals surface area contributed by atoms with Gasteiger partial charge in [-0.2, -0.15) is 5.10 Å². The second kappa shape index (κ2) is 9.88. The number of hydrazone groups is 1. The minimum atomic E-state index is -0.0399. The molecule has 1 fully saturated rings. The molecule has 1 N–H and O–H groups in total. The van der Waals surface area contributed by atoms with E-state index in [1.807, 2.05) is 18.2 Å². The SMILES string of the molecule is CCc1ccc(/C=N\NC(=O)CCN2CCN(c3ccccc3)CC2)cc1. The Bertz CT molecular complexity index is 735. The van der Waals surface area contributed by atoms with E-state index in [1.165, 1.54) is 11.3 Å². The van der Waals surface area contributed by atoms with Crippen molar-refractivity contribution >= 4 is 17.8 Å². The smallest absolute Gasteiger partial charge is 0.241 e. The standard InChI is InChI=1S/C22H28N4O/c1-2-19-8-10-20(11-9-19)18-23-24-22(27)12-13-25-14-16-26(17-15-25)21-6-4-3-5-7-21/h3-11,18H,2,12-17H2,1H3,(H,24,27)/b23-18-. The van der Waals surface area contributed by atoms with Gasteiger partial charge in [0.1, 0.15) is 0 Å². The van der Waals surface area contributed by atoms with Gasteiger partial charge >= 0.3 is 0 Å². The third kappa shape index (κ3) is 5.93. The van der Waals surface area contributed by atoms with Gasteiger partial charge in [-0.25, -0.2) is 5.43 Å². The van der Waals surface area contributed by atoms with Crippen LogP contribution in [-0.4, -0.2) is 49.7 Å². The summed E-state index contributed by atoms with van der Waals surface area (Å²) in [6.07, 6.45) is 3.18. The van der Waals surface area contributed by atoms with Gasteiger partial charge in [0.15, 0.2) is 0 Å². The highest BCUT2D eigenvalue weighted by Crippen LogP contribution is 2.15. The highest BCUT2D eigenvalue weighted by molar-refractivity contribution is 5.82. The molecule has 5 heteroatoms. The Morgan fingerprint density at radius 1 is 1.04 bits per heavy atom. The van der Waals surface area contributed by atoms with Gasteiger partial charge in [0.25, 0.3) is 0 Å². The highest BCUT2D eigenvalue weighted by atomic mass is 16.2. The second-order valence-corrected chi connectivity index (χ2v) is 6.80. The van der Waals surface area contributed by atoms with Gasteiger partial charge in [0.05, 0.1) is 6.21 Å². The molecule has 0 saturated carbocycles. The van der Waals surface area contributed by atoms with E-state index in [2.05, 4.69) is 63.6 Å². The first-order valence-electron chi connectivity index (χ1n) is 9.68. The van der Waals surface area contributed by atoms with Crippen molar-refractivity contribution < 1.29 is 4.79 Å². The number of aryl methyl sites for hydroxylation is 1. The van der Waals surface area contributed by atoms with Crippen molar-refractivity contribution in [1.29, 1.82) is 0 Å². The number of carbonyl (C=O) groups is 1. The van der Waals surface area contributed by atoms with Crippen molar-refractivity contribution in [3.05, 3.63) is 65.7 Å². The van der Waals surface area contributed by atoms with Crippen LogP contribution in [0.25, 0.3) is 0 Å². The zero-order valence-electron chi connectivity index (χ0n) is 16.0.